The highest BCUT2D eigenvalue weighted by Gasteiger charge is 2.24. The van der Waals surface area contributed by atoms with Crippen molar-refractivity contribution in [3.8, 4) is 57.1 Å². The predicted molar refractivity (Wildman–Crippen MR) is 482 cm³/mol. The van der Waals surface area contributed by atoms with Gasteiger partial charge >= 0.3 is 0 Å². The van der Waals surface area contributed by atoms with Crippen LogP contribution >= 0.6 is 68.9 Å². The van der Waals surface area contributed by atoms with Gasteiger partial charge in [-0.05, 0) is 171 Å². The predicted octanol–water partition coefficient (Wildman–Crippen LogP) is 16.5. The third-order valence-corrected chi connectivity index (χ3v) is 21.5. The normalized spacial score (nSPS) is 12.0. The zero-order valence-corrected chi connectivity index (χ0v) is 72.6. The molecular weight excluding hydrogens is 1790 g/mol. The van der Waals surface area contributed by atoms with E-state index in [9.17, 15) is 22.0 Å². The Morgan fingerprint density at radius 3 is 1.46 bits per heavy atom. The molecule has 0 unspecified atom stereocenters. The number of para-hydroxylation sites is 3. The number of nitrogens with two attached hydrogens (primary N) is 1. The molecule has 9 heterocycles. The third kappa shape index (κ3) is 22.6. The molecule has 0 fully saturated rings. The molecule has 0 aliphatic carbocycles. The van der Waals surface area contributed by atoms with Gasteiger partial charge in [0.1, 0.15) is 11.2 Å². The molecule has 16 aromatic rings. The van der Waals surface area contributed by atoms with E-state index in [1.165, 1.54) is 80.7 Å². The number of halogens is 3. The number of hydrogen-bond donors (Lipinski definition) is 1. The topological polar surface area (TPSA) is 300 Å². The summed E-state index contributed by atoms with van der Waals surface area (Å²) in [5, 5.41) is 26.8. The Morgan fingerprint density at radius 2 is 0.975 bits per heavy atom. The number of imidazole rings is 2. The number of thioether (sulfide) groups is 1. The number of nitrogen functional groups attached to an aromatic ring is 1. The number of ether oxygens (including phenoxy) is 4. The monoisotopic (exact) mass is 1870 g/mol. The fourth-order valence-corrected chi connectivity index (χ4v) is 15.1. The Bertz CT molecular complexity index is 6140. The van der Waals surface area contributed by atoms with Crippen molar-refractivity contribution in [1.29, 1.82) is 0 Å². The zero-order chi connectivity index (χ0) is 84.4. The molecule has 18 rings (SSSR count). The van der Waals surface area contributed by atoms with Gasteiger partial charge in [-0.3, -0.25) is 29.0 Å². The lowest BCUT2D eigenvalue weighted by atomic mass is 9.99. The van der Waals surface area contributed by atoms with Gasteiger partial charge in [0, 0.05) is 120 Å². The Morgan fingerprint density at radius 1 is 0.533 bits per heavy atom. The molecule has 7 aromatic heterocycles. The molecule has 0 bridgehead atoms. The molecule has 26 nitrogen and oxygen atoms in total. The van der Waals surface area contributed by atoms with Crippen LogP contribution in [0.4, 0.5) is 8.55 Å². The molecule has 0 atom stereocenters. The summed E-state index contributed by atoms with van der Waals surface area (Å²) in [6, 6.07) is 64.6. The lowest BCUT2D eigenvalue weighted by Gasteiger charge is -2.28. The maximum Gasteiger partial charge on any atom is 0.261 e. The highest BCUT2D eigenvalue weighted by Crippen LogP contribution is 2.38. The molecule has 0 saturated heterocycles. The molecule has 120 heavy (non-hydrogen) atoms. The van der Waals surface area contributed by atoms with Gasteiger partial charge in [0.15, 0.2) is 72.9 Å². The van der Waals surface area contributed by atoms with Crippen LogP contribution in [0, 0.1) is 0 Å². The minimum absolute atomic E-state index is 0.0313. The zero-order valence-electron chi connectivity index (χ0n) is 66.7. The first-order valence-electron chi connectivity index (χ1n) is 37.8. The Labute approximate surface area is 727 Å². The second kappa shape index (κ2) is 43.0. The number of carbonyl (C=O) groups excluding carboxylic acids is 2. The van der Waals surface area contributed by atoms with Gasteiger partial charge in [-0.2, -0.15) is 2.86 Å². The average Bonchev–Trinajstić information content (AvgIpc) is 1.30. The van der Waals surface area contributed by atoms with E-state index in [4.69, 9.17) is 33.5 Å². The van der Waals surface area contributed by atoms with Crippen molar-refractivity contribution < 1.29 is 40.2 Å². The molecule has 0 amide bonds. The third-order valence-electron chi connectivity index (χ3n) is 19.5. The number of benzene rings is 9. The summed E-state index contributed by atoms with van der Waals surface area (Å²) in [4.78, 5) is 72.5. The van der Waals surface area contributed by atoms with E-state index in [-0.39, 0.29) is 39.7 Å². The summed E-state index contributed by atoms with van der Waals surface area (Å²) < 4.78 is 48.0. The molecule has 0 radical (unpaired) electrons. The first-order valence-corrected chi connectivity index (χ1v) is 42.4. The summed E-state index contributed by atoms with van der Waals surface area (Å²) in [6.45, 7) is 6.22. The number of hydrogen-bond acceptors (Lipinski definition) is 24. The number of aryl methyl sites for hydroxylation is 2. The van der Waals surface area contributed by atoms with E-state index in [0.717, 1.165) is 98.3 Å². The number of methoxy groups -OCH3 is 4. The van der Waals surface area contributed by atoms with Gasteiger partial charge in [0.2, 0.25) is 17.4 Å². The number of aromatic nitrogens is 13. The van der Waals surface area contributed by atoms with Crippen molar-refractivity contribution in [2.75, 3.05) is 65.3 Å². The summed E-state index contributed by atoms with van der Waals surface area (Å²) in [5.41, 5.74) is 19.5. The highest BCUT2D eigenvalue weighted by molar-refractivity contribution is 14.1. The highest BCUT2D eigenvalue weighted by atomic mass is 127. The van der Waals surface area contributed by atoms with Crippen molar-refractivity contribution in [2.24, 2.45) is 14.1 Å². The lowest BCUT2D eigenvalue weighted by Crippen LogP contribution is -2.32. The van der Waals surface area contributed by atoms with Crippen LogP contribution in [-0.4, -0.2) is 145 Å². The number of tetrazole rings is 2. The first-order chi connectivity index (χ1) is 58.6. The number of thiazole rings is 1. The smallest absolute Gasteiger partial charge is 0.261 e. The Hall–Kier alpha value is -12.2. The summed E-state index contributed by atoms with van der Waals surface area (Å²) in [5.74, 6) is 2.37. The van der Waals surface area contributed by atoms with E-state index < -0.39 is 0 Å². The van der Waals surface area contributed by atoms with Crippen LogP contribution in [0.15, 0.2) is 266 Å². The van der Waals surface area contributed by atoms with Crippen LogP contribution < -0.4 is 35.5 Å². The van der Waals surface area contributed by atoms with Crippen LogP contribution in [0.25, 0.3) is 66.3 Å². The minimum atomic E-state index is -0.377. The van der Waals surface area contributed by atoms with Gasteiger partial charge in [-0.25, -0.2) is 15.0 Å². The van der Waals surface area contributed by atoms with E-state index >= 15 is 0 Å². The van der Waals surface area contributed by atoms with Crippen molar-refractivity contribution in [2.45, 2.75) is 49.5 Å². The average molecular weight is 1880 g/mol. The standard InChI is InChI=1S/C37H33N5O5.C26H28N6O2.C17H9NO3S2.2C4H6N2.CH3I.FI/c1-45-35-20-27(19-32(44)34-22-31(43)29-9-5-6-10-33(29)47-34)30(21-36(35)46-2)37-38-40-42(39-37)28-13-11-24(12-14-28)15-17-41-18-16-25-7-3-4-8-26(25)23-41;1-33-24-15-22(23(27)16-25(24)34-2)26-28-30-32(29-26)21-9-7-18(8-10-21)11-13-31-14-12-19-5-3-4-6-20(19)17-31;19-12-9-14(21-13-7-3-1-5-10(12)13)16(20)23-17-18-11-6-2-4-8-15(11)22-17;2*1-6-3-2-5-4-6;2*1-2/h3-14,20-22H,15-19,23H2,1-2H3;3-10,15-16H,11-14,17,27H2,1-2H3;1-9H;2*2-4H,1H3;1H3;. The van der Waals surface area contributed by atoms with Crippen LogP contribution in [0.5, 0.6) is 23.0 Å². The largest absolute Gasteiger partial charge is 0.493 e. The molecule has 2 aliphatic rings. The van der Waals surface area contributed by atoms with Crippen molar-refractivity contribution in [3.63, 3.8) is 0 Å². The van der Waals surface area contributed by atoms with Gasteiger partial charge in [-0.1, -0.05) is 132 Å². The fourth-order valence-electron chi connectivity index (χ4n) is 13.3. The summed E-state index contributed by atoms with van der Waals surface area (Å²) in [6.07, 6.45) is 14.8. The van der Waals surface area contributed by atoms with Crippen LogP contribution in [0.1, 0.15) is 60.1 Å². The van der Waals surface area contributed by atoms with E-state index in [1.54, 1.807) is 112 Å². The molecule has 2 aliphatic heterocycles. The lowest BCUT2D eigenvalue weighted by molar-refractivity contribution is 0.0966. The van der Waals surface area contributed by atoms with Gasteiger partial charge in [0.25, 0.3) is 5.12 Å². The molecule has 0 saturated carbocycles. The summed E-state index contributed by atoms with van der Waals surface area (Å²) in [7, 11) is 10.1. The van der Waals surface area contributed by atoms with Gasteiger partial charge < -0.3 is 42.6 Å². The summed E-state index contributed by atoms with van der Waals surface area (Å²) >= 11 is 5.21. The minimum Gasteiger partial charge on any atom is -0.493 e. The maximum absolute atomic E-state index is 13.4. The van der Waals surface area contributed by atoms with Crippen LogP contribution in [0.2, 0.25) is 0 Å². The number of Topliss-reactive ketones (excluding diaryl/α,β-unsaturated/α-hetero) is 1. The SMILES string of the molecule is CI.COc1cc(CC(=O)c2cc(=O)c3ccccc3o2)c(-c2nnn(-c3ccc(CCN4CCc5ccccc5C4)cc3)n2)cc1OC.COc1cc(N)c(-c2nnn(-c3ccc(CCN4CCc5ccccc5C4)cc3)n2)cc1OC.Cn1ccnc1.Cn1ccnc1.FI.O=C(Sc1nc2ccccc2s1)c1cc(=O)c2ccccc2o1. The second-order valence-electron chi connectivity index (χ2n) is 27.2. The molecular formula is C89H85FI2N16O10S2. The van der Waals surface area contributed by atoms with Crippen LogP contribution in [-0.2, 0) is 59.3 Å². The van der Waals surface area contributed by atoms with Gasteiger partial charge in [-0.15, -0.1) is 41.3 Å². The Kier molecular flexibility index (Phi) is 31.2. The molecule has 9 aromatic carbocycles. The van der Waals surface area contributed by atoms with E-state index in [1.807, 2.05) is 89.1 Å². The number of ketones is 1. The fraction of sp³-hybridized carbons (Fsp3) is 0.202. The van der Waals surface area contributed by atoms with Crippen molar-refractivity contribution in [3.05, 3.63) is 315 Å². The quantitative estimate of drug-likeness (QED) is 0.0258. The maximum atomic E-state index is 13.4. The molecule has 2 N–H and O–H groups in total. The van der Waals surface area contributed by atoms with Gasteiger partial charge in [0.05, 0.1) is 73.5 Å². The van der Waals surface area contributed by atoms with Crippen LogP contribution in [0.3, 0.4) is 0 Å². The number of carbonyl (C=O) groups is 2. The van der Waals surface area contributed by atoms with Crippen molar-refractivity contribution >= 4 is 118 Å². The first kappa shape index (κ1) is 87.2. The number of nitrogens with zero attached hydrogens (tertiary/aromatic N) is 15. The molecule has 614 valence electrons. The second-order valence-corrected chi connectivity index (χ2v) is 29.5. The number of fused-ring (bicyclic) bond motifs is 5. The Balaban J connectivity index is 0.000000157. The van der Waals surface area contributed by atoms with E-state index in [2.05, 4.69) is 151 Å². The molecule has 31 heteroatoms. The number of alkyl halides is 1. The van der Waals surface area contributed by atoms with Crippen molar-refractivity contribution in [1.82, 2.24) is 74.3 Å². The number of rotatable bonds is 19. The molecule has 0 spiro atoms. The number of anilines is 1. The van der Waals surface area contributed by atoms with E-state index in [0.29, 0.717) is 106 Å².